The van der Waals surface area contributed by atoms with Crippen LogP contribution < -0.4 is 0 Å². The molecule has 5 nitrogen and oxygen atoms in total. The number of hydrogen-bond acceptors (Lipinski definition) is 6. The van der Waals surface area contributed by atoms with Gasteiger partial charge in [0.15, 0.2) is 5.78 Å². The smallest absolute Gasteiger partial charge is 0.348 e. The highest BCUT2D eigenvalue weighted by Gasteiger charge is 2.23. The van der Waals surface area contributed by atoms with Gasteiger partial charge in [0, 0.05) is 15.8 Å². The molecular formula is C21H17BrN2O3S. The average molecular weight is 457 g/mol. The Morgan fingerprint density at radius 2 is 2.00 bits per heavy atom. The fraction of sp³-hybridized carbons (Fsp3) is 0.238. The molecule has 0 aliphatic heterocycles. The summed E-state index contributed by atoms with van der Waals surface area (Å²) >= 11 is 4.49. The van der Waals surface area contributed by atoms with Crippen LogP contribution in [0.3, 0.4) is 0 Å². The molecule has 0 aliphatic carbocycles. The molecule has 0 atom stereocenters. The molecule has 7 heteroatoms. The van der Waals surface area contributed by atoms with Crippen LogP contribution in [-0.4, -0.2) is 18.4 Å². The minimum atomic E-state index is -0.513. The minimum Gasteiger partial charge on any atom is -0.462 e. The van der Waals surface area contributed by atoms with Gasteiger partial charge in [-0.3, -0.25) is 4.79 Å². The molecular weight excluding hydrogens is 440 g/mol. The molecule has 28 heavy (non-hydrogen) atoms. The lowest BCUT2D eigenvalue weighted by Gasteiger charge is -2.02. The number of nitriles is 2. The van der Waals surface area contributed by atoms with Gasteiger partial charge in [-0.1, -0.05) is 28.1 Å². The number of nitrogens with zero attached hydrogens (tertiary/aromatic N) is 2. The Bertz CT molecular complexity index is 1050. The maximum Gasteiger partial charge on any atom is 0.348 e. The summed E-state index contributed by atoms with van der Waals surface area (Å²) in [6.45, 7) is 5.52. The van der Waals surface area contributed by atoms with Crippen LogP contribution in [0.1, 0.15) is 43.7 Å². The van der Waals surface area contributed by atoms with E-state index in [-0.39, 0.29) is 24.2 Å². The molecule has 0 unspecified atom stereocenters. The maximum atomic E-state index is 12.7. The number of ketones is 1. The zero-order chi connectivity index (χ0) is 20.8. The van der Waals surface area contributed by atoms with E-state index in [0.29, 0.717) is 15.3 Å². The molecule has 0 amide bonds. The molecule has 1 heterocycles. The summed E-state index contributed by atoms with van der Waals surface area (Å²) in [6.07, 6.45) is 1.39. The third-order valence-corrected chi connectivity index (χ3v) is 6.17. The SMILES string of the molecule is CCOC(=O)c1sc(CC(=O)/C(C#N)=C/c2ccc(C)c(Br)c2)c(C#N)c1C. The van der Waals surface area contributed by atoms with Crippen LogP contribution in [0.15, 0.2) is 28.2 Å². The second kappa shape index (κ2) is 9.45. The molecule has 2 rings (SSSR count). The first-order valence-corrected chi connectivity index (χ1v) is 10.0. The van der Waals surface area contributed by atoms with Gasteiger partial charge in [0.2, 0.25) is 0 Å². The molecule has 1 aromatic heterocycles. The van der Waals surface area contributed by atoms with Gasteiger partial charge in [-0.05, 0) is 49.6 Å². The highest BCUT2D eigenvalue weighted by molar-refractivity contribution is 9.10. The van der Waals surface area contributed by atoms with Crippen molar-refractivity contribution in [2.24, 2.45) is 0 Å². The van der Waals surface area contributed by atoms with Gasteiger partial charge in [-0.25, -0.2) is 4.79 Å². The Morgan fingerprint density at radius 1 is 1.29 bits per heavy atom. The quantitative estimate of drug-likeness (QED) is 0.350. The maximum absolute atomic E-state index is 12.7. The number of rotatable bonds is 6. The third kappa shape index (κ3) is 4.75. The highest BCUT2D eigenvalue weighted by Crippen LogP contribution is 2.30. The van der Waals surface area contributed by atoms with Crippen LogP contribution in [0.25, 0.3) is 6.08 Å². The first-order chi connectivity index (χ1) is 13.3. The Kier molecular flexibility index (Phi) is 7.28. The van der Waals surface area contributed by atoms with Crippen LogP contribution in [-0.2, 0) is 16.0 Å². The van der Waals surface area contributed by atoms with E-state index < -0.39 is 11.8 Å². The van der Waals surface area contributed by atoms with E-state index in [1.165, 1.54) is 6.08 Å². The number of esters is 1. The van der Waals surface area contributed by atoms with Crippen LogP contribution in [0.4, 0.5) is 0 Å². The van der Waals surface area contributed by atoms with Gasteiger partial charge in [0.25, 0.3) is 0 Å². The number of thiophene rings is 1. The Labute approximate surface area is 176 Å². The van der Waals surface area contributed by atoms with E-state index in [1.54, 1.807) is 13.8 Å². The van der Waals surface area contributed by atoms with Gasteiger partial charge < -0.3 is 4.74 Å². The number of hydrogen-bond donors (Lipinski definition) is 0. The fourth-order valence-corrected chi connectivity index (χ4v) is 4.06. The van der Waals surface area contributed by atoms with E-state index in [1.807, 2.05) is 37.3 Å². The average Bonchev–Trinajstić information content (AvgIpc) is 2.97. The van der Waals surface area contributed by atoms with Gasteiger partial charge in [-0.2, -0.15) is 10.5 Å². The van der Waals surface area contributed by atoms with Crippen molar-refractivity contribution in [2.75, 3.05) is 6.61 Å². The third-order valence-electron chi connectivity index (χ3n) is 4.04. The molecule has 0 radical (unpaired) electrons. The van der Waals surface area contributed by atoms with Gasteiger partial charge in [-0.15, -0.1) is 11.3 Å². The van der Waals surface area contributed by atoms with Crippen LogP contribution in [0, 0.1) is 36.5 Å². The standard InChI is InChI=1S/C21H17BrN2O3S/c1-4-27-21(26)20-13(3)16(11-24)19(28-20)9-18(25)15(10-23)7-14-6-5-12(2)17(22)8-14/h5-8H,4,9H2,1-3H3/b15-7+. The minimum absolute atomic E-state index is 0.0108. The first-order valence-electron chi connectivity index (χ1n) is 8.43. The second-order valence-corrected chi connectivity index (χ2v) is 7.92. The van der Waals surface area contributed by atoms with Crippen molar-refractivity contribution >= 4 is 45.1 Å². The molecule has 0 spiro atoms. The molecule has 0 saturated heterocycles. The first kappa shape index (κ1) is 21.6. The lowest BCUT2D eigenvalue weighted by atomic mass is 10.0. The van der Waals surface area contributed by atoms with Crippen LogP contribution in [0.2, 0.25) is 0 Å². The molecule has 0 N–H and O–H groups in total. The number of carbonyl (C=O) groups is 2. The summed E-state index contributed by atoms with van der Waals surface area (Å²) in [5.41, 5.74) is 2.54. The van der Waals surface area contributed by atoms with E-state index in [2.05, 4.69) is 15.9 Å². The van der Waals surface area contributed by atoms with Gasteiger partial charge in [0.1, 0.15) is 17.0 Å². The highest BCUT2D eigenvalue weighted by atomic mass is 79.9. The summed E-state index contributed by atoms with van der Waals surface area (Å²) in [5, 5.41) is 18.9. The van der Waals surface area contributed by atoms with Crippen molar-refractivity contribution in [1.82, 2.24) is 0 Å². The Hall–Kier alpha value is -2.74. The number of halogens is 1. The Balaban J connectivity index is 2.35. The summed E-state index contributed by atoms with van der Waals surface area (Å²) in [7, 11) is 0. The van der Waals surface area contributed by atoms with E-state index in [0.717, 1.165) is 26.9 Å². The van der Waals surface area contributed by atoms with Crippen molar-refractivity contribution in [3.05, 3.63) is 60.3 Å². The molecule has 0 saturated carbocycles. The summed E-state index contributed by atoms with van der Waals surface area (Å²) < 4.78 is 5.88. The van der Waals surface area contributed by atoms with E-state index in [4.69, 9.17) is 4.74 Å². The molecule has 2 aromatic rings. The number of Topliss-reactive ketones (excluding diaryl/α,β-unsaturated/α-hetero) is 1. The van der Waals surface area contributed by atoms with Crippen molar-refractivity contribution in [3.63, 3.8) is 0 Å². The number of benzene rings is 1. The number of carbonyl (C=O) groups excluding carboxylic acids is 2. The zero-order valence-corrected chi connectivity index (χ0v) is 18.0. The molecule has 0 aliphatic rings. The lowest BCUT2D eigenvalue weighted by Crippen LogP contribution is -2.05. The summed E-state index contributed by atoms with van der Waals surface area (Å²) in [5.74, 6) is -0.923. The number of allylic oxidation sites excluding steroid dienone is 1. The molecule has 142 valence electrons. The fourth-order valence-electron chi connectivity index (χ4n) is 2.52. The normalized spacial score (nSPS) is 10.9. The van der Waals surface area contributed by atoms with Crippen LogP contribution >= 0.6 is 27.3 Å². The molecule has 0 fully saturated rings. The predicted octanol–water partition coefficient (Wildman–Crippen LogP) is 4.89. The van der Waals surface area contributed by atoms with Gasteiger partial charge in [0.05, 0.1) is 17.7 Å². The van der Waals surface area contributed by atoms with Crippen molar-refractivity contribution in [2.45, 2.75) is 27.2 Å². The monoisotopic (exact) mass is 456 g/mol. The summed E-state index contributed by atoms with van der Waals surface area (Å²) in [4.78, 5) is 25.5. The molecule has 1 aromatic carbocycles. The Morgan fingerprint density at radius 3 is 2.57 bits per heavy atom. The van der Waals surface area contributed by atoms with Crippen molar-refractivity contribution in [1.29, 1.82) is 10.5 Å². The zero-order valence-electron chi connectivity index (χ0n) is 15.6. The largest absolute Gasteiger partial charge is 0.462 e. The lowest BCUT2D eigenvalue weighted by molar-refractivity contribution is -0.114. The number of ether oxygens (including phenoxy) is 1. The molecule has 0 bridgehead atoms. The topological polar surface area (TPSA) is 90.9 Å². The van der Waals surface area contributed by atoms with Gasteiger partial charge >= 0.3 is 5.97 Å². The van der Waals surface area contributed by atoms with E-state index in [9.17, 15) is 20.1 Å². The van der Waals surface area contributed by atoms with Crippen molar-refractivity contribution in [3.8, 4) is 12.1 Å². The predicted molar refractivity (Wildman–Crippen MR) is 111 cm³/mol. The summed E-state index contributed by atoms with van der Waals surface area (Å²) in [6, 6.07) is 9.52. The van der Waals surface area contributed by atoms with E-state index >= 15 is 0 Å². The second-order valence-electron chi connectivity index (χ2n) is 5.97. The number of aryl methyl sites for hydroxylation is 1. The van der Waals surface area contributed by atoms with Crippen molar-refractivity contribution < 1.29 is 14.3 Å². The van der Waals surface area contributed by atoms with Crippen LogP contribution in [0.5, 0.6) is 0 Å².